The molecule has 0 saturated carbocycles. The standard InChI is InChI=1S/C19H14N2O4/c22-18(25-13-16-5-1-2-9-17(16)21(23)24)11-10-15-7-3-6-14-8-4-12-20-19(14)15/h1-12H,13H2/b11-10+. The highest BCUT2D eigenvalue weighted by atomic mass is 16.6. The van der Waals surface area contributed by atoms with E-state index in [0.29, 0.717) is 5.56 Å². The molecule has 1 heterocycles. The van der Waals surface area contributed by atoms with E-state index in [0.717, 1.165) is 16.5 Å². The number of pyridine rings is 1. The SMILES string of the molecule is O=C(/C=C/c1cccc2cccnc12)OCc1ccccc1[N+](=O)[O-]. The van der Waals surface area contributed by atoms with Crippen LogP contribution in [0.15, 0.2) is 66.9 Å². The van der Waals surface area contributed by atoms with Crippen LogP contribution in [0.4, 0.5) is 5.69 Å². The molecule has 0 aliphatic carbocycles. The second-order valence-electron chi connectivity index (χ2n) is 5.25. The van der Waals surface area contributed by atoms with Crippen molar-refractivity contribution in [2.24, 2.45) is 0 Å². The molecule has 0 N–H and O–H groups in total. The van der Waals surface area contributed by atoms with Crippen LogP contribution in [0, 0.1) is 10.1 Å². The van der Waals surface area contributed by atoms with Crippen molar-refractivity contribution in [3.05, 3.63) is 88.1 Å². The average molecular weight is 334 g/mol. The average Bonchev–Trinajstić information content (AvgIpc) is 2.64. The zero-order valence-corrected chi connectivity index (χ0v) is 13.2. The minimum Gasteiger partial charge on any atom is -0.457 e. The number of ether oxygens (including phenoxy) is 1. The summed E-state index contributed by atoms with van der Waals surface area (Å²) in [4.78, 5) is 26.7. The maximum absolute atomic E-state index is 11.9. The van der Waals surface area contributed by atoms with Crippen molar-refractivity contribution in [1.29, 1.82) is 0 Å². The van der Waals surface area contributed by atoms with Crippen LogP contribution in [-0.2, 0) is 16.1 Å². The van der Waals surface area contributed by atoms with E-state index in [-0.39, 0.29) is 12.3 Å². The minimum atomic E-state index is -0.578. The summed E-state index contributed by atoms with van der Waals surface area (Å²) in [5.41, 5.74) is 1.85. The number of rotatable bonds is 5. The number of benzene rings is 2. The summed E-state index contributed by atoms with van der Waals surface area (Å²) >= 11 is 0. The number of nitro groups is 1. The number of para-hydroxylation sites is 2. The lowest BCUT2D eigenvalue weighted by atomic mass is 10.1. The predicted octanol–water partition coefficient (Wildman–Crippen LogP) is 3.90. The third-order valence-corrected chi connectivity index (χ3v) is 3.62. The lowest BCUT2D eigenvalue weighted by Crippen LogP contribution is -2.03. The highest BCUT2D eigenvalue weighted by Crippen LogP contribution is 2.19. The van der Waals surface area contributed by atoms with Crippen molar-refractivity contribution in [3.63, 3.8) is 0 Å². The van der Waals surface area contributed by atoms with E-state index in [1.807, 2.05) is 30.3 Å². The summed E-state index contributed by atoms with van der Waals surface area (Å²) in [6.45, 7) is -0.159. The van der Waals surface area contributed by atoms with Gasteiger partial charge in [0.25, 0.3) is 5.69 Å². The summed E-state index contributed by atoms with van der Waals surface area (Å²) in [5.74, 6) is -0.578. The highest BCUT2D eigenvalue weighted by molar-refractivity contribution is 5.92. The molecule has 0 bridgehead atoms. The smallest absolute Gasteiger partial charge is 0.331 e. The van der Waals surface area contributed by atoms with Crippen molar-refractivity contribution in [1.82, 2.24) is 4.98 Å². The molecule has 2 aromatic carbocycles. The van der Waals surface area contributed by atoms with Gasteiger partial charge in [0, 0.05) is 29.3 Å². The molecule has 0 amide bonds. The van der Waals surface area contributed by atoms with Gasteiger partial charge in [-0.2, -0.15) is 0 Å². The van der Waals surface area contributed by atoms with Crippen molar-refractivity contribution in [2.45, 2.75) is 6.61 Å². The molecular formula is C19H14N2O4. The van der Waals surface area contributed by atoms with Crippen LogP contribution in [0.25, 0.3) is 17.0 Å². The molecule has 0 unspecified atom stereocenters. The molecule has 0 spiro atoms. The van der Waals surface area contributed by atoms with E-state index in [1.54, 1.807) is 30.5 Å². The van der Waals surface area contributed by atoms with Crippen molar-refractivity contribution < 1.29 is 14.5 Å². The number of nitrogens with zero attached hydrogens (tertiary/aromatic N) is 2. The zero-order valence-electron chi connectivity index (χ0n) is 13.2. The van der Waals surface area contributed by atoms with Gasteiger partial charge in [-0.3, -0.25) is 15.1 Å². The molecule has 3 aromatic rings. The maximum Gasteiger partial charge on any atom is 0.331 e. The monoisotopic (exact) mass is 334 g/mol. The Morgan fingerprint density at radius 2 is 1.92 bits per heavy atom. The van der Waals surface area contributed by atoms with Crippen molar-refractivity contribution in [2.75, 3.05) is 0 Å². The number of esters is 1. The number of fused-ring (bicyclic) bond motifs is 1. The molecule has 25 heavy (non-hydrogen) atoms. The van der Waals surface area contributed by atoms with E-state index in [4.69, 9.17) is 4.74 Å². The van der Waals surface area contributed by atoms with Crippen LogP contribution >= 0.6 is 0 Å². The van der Waals surface area contributed by atoms with E-state index in [9.17, 15) is 14.9 Å². The molecule has 0 fully saturated rings. The summed E-state index contributed by atoms with van der Waals surface area (Å²) in [6.07, 6.45) is 4.60. The number of nitro benzene ring substituents is 1. The van der Waals surface area contributed by atoms with Gasteiger partial charge < -0.3 is 4.74 Å². The van der Waals surface area contributed by atoms with Gasteiger partial charge in [-0.25, -0.2) is 4.79 Å². The summed E-state index contributed by atoms with van der Waals surface area (Å²) in [7, 11) is 0. The zero-order chi connectivity index (χ0) is 17.6. The van der Waals surface area contributed by atoms with Crippen LogP contribution < -0.4 is 0 Å². The second kappa shape index (κ2) is 7.35. The first kappa shape index (κ1) is 16.3. The van der Waals surface area contributed by atoms with E-state index < -0.39 is 10.9 Å². The quantitative estimate of drug-likeness (QED) is 0.306. The van der Waals surface area contributed by atoms with Crippen LogP contribution in [0.5, 0.6) is 0 Å². The molecule has 0 atom stereocenters. The molecule has 1 aromatic heterocycles. The first-order chi connectivity index (χ1) is 12.1. The third-order valence-electron chi connectivity index (χ3n) is 3.62. The molecule has 0 saturated heterocycles. The van der Waals surface area contributed by atoms with E-state index in [1.165, 1.54) is 12.1 Å². The molecule has 0 aliphatic rings. The predicted molar refractivity (Wildman–Crippen MR) is 93.7 cm³/mol. The Kier molecular flexibility index (Phi) is 4.80. The van der Waals surface area contributed by atoms with Gasteiger partial charge in [0.15, 0.2) is 0 Å². The number of aromatic nitrogens is 1. The van der Waals surface area contributed by atoms with Crippen molar-refractivity contribution >= 4 is 28.6 Å². The van der Waals surface area contributed by atoms with E-state index >= 15 is 0 Å². The van der Waals surface area contributed by atoms with Gasteiger partial charge >= 0.3 is 5.97 Å². The van der Waals surface area contributed by atoms with Gasteiger partial charge in [0.2, 0.25) is 0 Å². The van der Waals surface area contributed by atoms with Crippen LogP contribution in [0.2, 0.25) is 0 Å². The van der Waals surface area contributed by atoms with Crippen LogP contribution in [0.3, 0.4) is 0 Å². The molecule has 0 radical (unpaired) electrons. The van der Waals surface area contributed by atoms with Gasteiger partial charge in [0.05, 0.1) is 16.0 Å². The fraction of sp³-hybridized carbons (Fsp3) is 0.0526. The normalized spacial score (nSPS) is 10.9. The Hall–Kier alpha value is -3.54. The third kappa shape index (κ3) is 3.87. The topological polar surface area (TPSA) is 82.3 Å². The summed E-state index contributed by atoms with van der Waals surface area (Å²) in [5, 5.41) is 11.9. The molecule has 3 rings (SSSR count). The van der Waals surface area contributed by atoms with Gasteiger partial charge in [-0.05, 0) is 18.2 Å². The fourth-order valence-electron chi connectivity index (χ4n) is 2.43. The van der Waals surface area contributed by atoms with Gasteiger partial charge in [-0.1, -0.05) is 36.4 Å². The lowest BCUT2D eigenvalue weighted by Gasteiger charge is -2.03. The maximum atomic E-state index is 11.9. The Bertz CT molecular complexity index is 961. The van der Waals surface area contributed by atoms with E-state index in [2.05, 4.69) is 4.98 Å². The first-order valence-corrected chi connectivity index (χ1v) is 7.56. The van der Waals surface area contributed by atoms with Gasteiger partial charge in [0.1, 0.15) is 6.61 Å². The second-order valence-corrected chi connectivity index (χ2v) is 5.25. The van der Waals surface area contributed by atoms with Crippen LogP contribution in [0.1, 0.15) is 11.1 Å². The molecular weight excluding hydrogens is 320 g/mol. The fourth-order valence-corrected chi connectivity index (χ4v) is 2.43. The molecule has 124 valence electrons. The van der Waals surface area contributed by atoms with Crippen LogP contribution in [-0.4, -0.2) is 15.9 Å². The lowest BCUT2D eigenvalue weighted by molar-refractivity contribution is -0.385. The number of carbonyl (C=O) groups excluding carboxylic acids is 1. The first-order valence-electron chi connectivity index (χ1n) is 7.56. The Balaban J connectivity index is 1.71. The number of carbonyl (C=O) groups is 1. The minimum absolute atomic E-state index is 0.0717. The van der Waals surface area contributed by atoms with Gasteiger partial charge in [-0.15, -0.1) is 0 Å². The van der Waals surface area contributed by atoms with Crippen molar-refractivity contribution in [3.8, 4) is 0 Å². The molecule has 6 heteroatoms. The Labute approximate surface area is 143 Å². The summed E-state index contributed by atoms with van der Waals surface area (Å²) < 4.78 is 5.10. The number of hydrogen-bond donors (Lipinski definition) is 0. The molecule has 0 aliphatic heterocycles. The summed E-state index contributed by atoms with van der Waals surface area (Å²) in [6, 6.07) is 15.6. The Morgan fingerprint density at radius 1 is 1.12 bits per heavy atom. The Morgan fingerprint density at radius 3 is 2.76 bits per heavy atom. The highest BCUT2D eigenvalue weighted by Gasteiger charge is 2.13. The molecule has 6 nitrogen and oxygen atoms in total. The largest absolute Gasteiger partial charge is 0.457 e. The number of hydrogen-bond acceptors (Lipinski definition) is 5.